The number of hydrogen-bond donors (Lipinski definition) is 0. The summed E-state index contributed by atoms with van der Waals surface area (Å²) in [7, 11) is 2.22. The fraction of sp³-hybridized carbons (Fsp3) is 0.647. The van der Waals surface area contributed by atoms with Gasteiger partial charge in [-0.05, 0) is 51.9 Å². The van der Waals surface area contributed by atoms with Gasteiger partial charge in [0.1, 0.15) is 5.69 Å². The summed E-state index contributed by atoms with van der Waals surface area (Å²) in [6, 6.07) is 5.89. The molecule has 4 heteroatoms. The molecule has 1 aromatic rings. The van der Waals surface area contributed by atoms with Gasteiger partial charge in [-0.3, -0.25) is 14.7 Å². The zero-order valence-electron chi connectivity index (χ0n) is 13.1. The van der Waals surface area contributed by atoms with E-state index in [2.05, 4.69) is 28.8 Å². The lowest BCUT2D eigenvalue weighted by Gasteiger charge is -2.43. The summed E-state index contributed by atoms with van der Waals surface area (Å²) in [6.45, 7) is 4.31. The average Bonchev–Trinajstić information content (AvgIpc) is 2.83. The van der Waals surface area contributed by atoms with Gasteiger partial charge in [-0.25, -0.2) is 0 Å². The Balaban J connectivity index is 1.86. The van der Waals surface area contributed by atoms with Gasteiger partial charge in [0.05, 0.1) is 6.04 Å². The second-order valence-corrected chi connectivity index (χ2v) is 6.61. The number of likely N-dealkylation sites (tertiary alicyclic amines) is 2. The van der Waals surface area contributed by atoms with Crippen LogP contribution < -0.4 is 0 Å². The van der Waals surface area contributed by atoms with Crippen LogP contribution in [-0.4, -0.2) is 52.4 Å². The Morgan fingerprint density at radius 2 is 2.14 bits per heavy atom. The highest BCUT2D eigenvalue weighted by Crippen LogP contribution is 2.38. The lowest BCUT2D eigenvalue weighted by Crippen LogP contribution is -2.55. The molecule has 0 saturated carbocycles. The van der Waals surface area contributed by atoms with E-state index in [9.17, 15) is 4.79 Å². The zero-order valence-corrected chi connectivity index (χ0v) is 13.1. The van der Waals surface area contributed by atoms with Gasteiger partial charge >= 0.3 is 0 Å². The van der Waals surface area contributed by atoms with Crippen LogP contribution in [0.1, 0.15) is 49.5 Å². The summed E-state index contributed by atoms with van der Waals surface area (Å²) < 4.78 is 0. The number of nitrogens with zero attached hydrogens (tertiary/aromatic N) is 3. The van der Waals surface area contributed by atoms with Crippen LogP contribution in [0.4, 0.5) is 0 Å². The number of carbonyl (C=O) groups excluding carboxylic acids is 1. The lowest BCUT2D eigenvalue weighted by atomic mass is 9.85. The molecule has 4 nitrogen and oxygen atoms in total. The molecule has 2 fully saturated rings. The van der Waals surface area contributed by atoms with Gasteiger partial charge in [0, 0.05) is 18.3 Å². The number of hydrogen-bond acceptors (Lipinski definition) is 3. The summed E-state index contributed by atoms with van der Waals surface area (Å²) in [4.78, 5) is 21.6. The third-order valence-electron chi connectivity index (χ3n) is 5.44. The Morgan fingerprint density at radius 1 is 1.29 bits per heavy atom. The van der Waals surface area contributed by atoms with Crippen LogP contribution in [0.2, 0.25) is 0 Å². The molecular formula is C17H25N3O. The highest BCUT2D eigenvalue weighted by molar-refractivity contribution is 5.92. The summed E-state index contributed by atoms with van der Waals surface area (Å²) in [6.07, 6.45) is 7.63. The van der Waals surface area contributed by atoms with Crippen molar-refractivity contribution in [1.82, 2.24) is 14.8 Å². The summed E-state index contributed by atoms with van der Waals surface area (Å²) in [5.41, 5.74) is 0.691. The molecule has 0 radical (unpaired) electrons. The maximum Gasteiger partial charge on any atom is 0.272 e. The van der Waals surface area contributed by atoms with Gasteiger partial charge < -0.3 is 4.90 Å². The molecule has 2 atom stereocenters. The van der Waals surface area contributed by atoms with Crippen molar-refractivity contribution >= 4 is 5.91 Å². The van der Waals surface area contributed by atoms with E-state index in [1.54, 1.807) is 6.20 Å². The first-order chi connectivity index (χ1) is 10.1. The van der Waals surface area contributed by atoms with Crippen molar-refractivity contribution in [3.8, 4) is 0 Å². The van der Waals surface area contributed by atoms with Crippen LogP contribution in [0.15, 0.2) is 24.4 Å². The van der Waals surface area contributed by atoms with E-state index in [0.29, 0.717) is 11.7 Å². The Hall–Kier alpha value is -1.42. The van der Waals surface area contributed by atoms with Gasteiger partial charge in [0.25, 0.3) is 5.91 Å². The number of pyridine rings is 1. The number of rotatable bonds is 1. The first-order valence-electron chi connectivity index (χ1n) is 8.06. The van der Waals surface area contributed by atoms with Crippen molar-refractivity contribution in [2.24, 2.45) is 0 Å². The van der Waals surface area contributed by atoms with E-state index < -0.39 is 0 Å². The minimum atomic E-state index is 0.0956. The van der Waals surface area contributed by atoms with Gasteiger partial charge in [-0.1, -0.05) is 18.9 Å². The average molecular weight is 287 g/mol. The molecule has 0 N–H and O–H groups in total. The molecule has 0 aromatic carbocycles. The maximum absolute atomic E-state index is 12.8. The first kappa shape index (κ1) is 14.5. The van der Waals surface area contributed by atoms with E-state index in [1.807, 2.05) is 18.2 Å². The molecular weight excluding hydrogens is 262 g/mol. The largest absolute Gasteiger partial charge is 0.332 e. The van der Waals surface area contributed by atoms with E-state index in [-0.39, 0.29) is 11.4 Å². The molecule has 0 unspecified atom stereocenters. The molecule has 0 spiro atoms. The van der Waals surface area contributed by atoms with Crippen molar-refractivity contribution in [3.63, 3.8) is 0 Å². The Kier molecular flexibility index (Phi) is 3.98. The second-order valence-electron chi connectivity index (χ2n) is 6.61. The fourth-order valence-electron chi connectivity index (χ4n) is 3.92. The summed E-state index contributed by atoms with van der Waals surface area (Å²) in [5.74, 6) is 0.0956. The van der Waals surface area contributed by atoms with Crippen LogP contribution in [0.25, 0.3) is 0 Å². The van der Waals surface area contributed by atoms with Crippen LogP contribution >= 0.6 is 0 Å². The quantitative estimate of drug-likeness (QED) is 0.796. The van der Waals surface area contributed by atoms with Crippen molar-refractivity contribution in [2.75, 3.05) is 20.1 Å². The Morgan fingerprint density at radius 3 is 2.90 bits per heavy atom. The molecule has 1 amide bonds. The van der Waals surface area contributed by atoms with Crippen molar-refractivity contribution in [1.29, 1.82) is 0 Å². The second kappa shape index (κ2) is 5.76. The van der Waals surface area contributed by atoms with Crippen molar-refractivity contribution in [2.45, 2.75) is 50.6 Å². The number of amides is 1. The van der Waals surface area contributed by atoms with Crippen LogP contribution in [0.3, 0.4) is 0 Å². The fourth-order valence-corrected chi connectivity index (χ4v) is 3.92. The molecule has 3 rings (SSSR count). The lowest BCUT2D eigenvalue weighted by molar-refractivity contribution is 0.0488. The smallest absolute Gasteiger partial charge is 0.272 e. The Bertz CT molecular complexity index is 504. The van der Waals surface area contributed by atoms with Crippen LogP contribution in [-0.2, 0) is 0 Å². The van der Waals surface area contributed by atoms with Crippen molar-refractivity contribution < 1.29 is 4.79 Å². The third kappa shape index (κ3) is 2.57. The van der Waals surface area contributed by atoms with E-state index in [0.717, 1.165) is 25.9 Å². The molecule has 2 aliphatic heterocycles. The van der Waals surface area contributed by atoms with Crippen molar-refractivity contribution in [3.05, 3.63) is 30.1 Å². The van der Waals surface area contributed by atoms with Crippen LogP contribution in [0.5, 0.6) is 0 Å². The molecule has 21 heavy (non-hydrogen) atoms. The summed E-state index contributed by atoms with van der Waals surface area (Å²) >= 11 is 0. The zero-order chi connectivity index (χ0) is 14.9. The summed E-state index contributed by atoms with van der Waals surface area (Å²) in [5, 5.41) is 0. The van der Waals surface area contributed by atoms with Gasteiger partial charge in [0.2, 0.25) is 0 Å². The number of likely N-dealkylation sites (N-methyl/N-ethyl adjacent to an activating group) is 1. The van der Waals surface area contributed by atoms with Gasteiger partial charge in [-0.15, -0.1) is 0 Å². The molecule has 114 valence electrons. The van der Waals surface area contributed by atoms with E-state index >= 15 is 0 Å². The first-order valence-corrected chi connectivity index (χ1v) is 8.06. The molecule has 3 heterocycles. The molecule has 0 bridgehead atoms. The standard InChI is InChI=1S/C17H25N3O/c1-17-10-13-20(16(21)14-8-5-6-11-18-14)15(17)9-4-3-7-12-19(17)2/h5-6,8,11,15H,3-4,7,9-10,12-13H2,1-2H3/t15-,17-/m0/s1. The van der Waals surface area contributed by atoms with Crippen LogP contribution in [0, 0.1) is 0 Å². The SMILES string of the molecule is CN1CCCCC[C@@H]2N(C(=O)c3ccccn3)CC[C@@]21C. The maximum atomic E-state index is 12.8. The molecule has 2 saturated heterocycles. The minimum absolute atomic E-state index is 0.0956. The van der Waals surface area contributed by atoms with E-state index in [1.165, 1.54) is 19.3 Å². The highest BCUT2D eigenvalue weighted by atomic mass is 16.2. The topological polar surface area (TPSA) is 36.4 Å². The van der Waals surface area contributed by atoms with Gasteiger partial charge in [0.15, 0.2) is 0 Å². The Labute approximate surface area is 127 Å². The molecule has 0 aliphatic carbocycles. The monoisotopic (exact) mass is 287 g/mol. The predicted octanol–water partition coefficient (Wildman–Crippen LogP) is 2.56. The number of fused-ring (bicyclic) bond motifs is 1. The molecule has 1 aromatic heterocycles. The normalized spacial score (nSPS) is 30.6. The number of carbonyl (C=O) groups is 1. The highest BCUT2D eigenvalue weighted by Gasteiger charge is 2.48. The van der Waals surface area contributed by atoms with Gasteiger partial charge in [-0.2, -0.15) is 0 Å². The predicted molar refractivity (Wildman–Crippen MR) is 83.2 cm³/mol. The van der Waals surface area contributed by atoms with E-state index in [4.69, 9.17) is 0 Å². The number of aromatic nitrogens is 1. The third-order valence-corrected chi connectivity index (χ3v) is 5.44. The minimum Gasteiger partial charge on any atom is -0.332 e. The molecule has 2 aliphatic rings.